The van der Waals surface area contributed by atoms with Crippen LogP contribution in [0.25, 0.3) is 21.3 Å². The smallest absolute Gasteiger partial charge is 0.262 e. The number of methoxy groups -OCH3 is 1. The molecule has 2 aromatic heterocycles. The molecule has 0 saturated carbocycles. The summed E-state index contributed by atoms with van der Waals surface area (Å²) >= 11 is 7.66. The van der Waals surface area contributed by atoms with Gasteiger partial charge in [-0.25, -0.2) is 4.98 Å². The van der Waals surface area contributed by atoms with E-state index in [-0.39, 0.29) is 55.5 Å². The summed E-state index contributed by atoms with van der Waals surface area (Å²) < 4.78 is 7.14. The predicted molar refractivity (Wildman–Crippen MR) is 252 cm³/mol. The molecule has 0 radical (unpaired) electrons. The number of carbonyl (C=O) groups excluding carboxylic acids is 5. The molecule has 2 fully saturated rings. The number of aliphatic hydroxyl groups is 1. The van der Waals surface area contributed by atoms with Crippen LogP contribution in [0.5, 0.6) is 5.75 Å². The average molecular weight is 925 g/mol. The summed E-state index contributed by atoms with van der Waals surface area (Å²) in [5.74, 6) is -0.768. The Morgan fingerprint density at radius 2 is 1.65 bits per heavy atom. The molecule has 14 nitrogen and oxygen atoms in total. The van der Waals surface area contributed by atoms with Crippen LogP contribution in [-0.2, 0) is 25.6 Å². The van der Waals surface area contributed by atoms with Crippen LogP contribution < -0.4 is 15.4 Å². The summed E-state index contributed by atoms with van der Waals surface area (Å²) in [4.78, 5) is 79.9. The number of ether oxygens (including phenoxy) is 1. The Morgan fingerprint density at radius 1 is 0.954 bits per heavy atom. The van der Waals surface area contributed by atoms with Crippen LogP contribution in [0.2, 0.25) is 5.02 Å². The summed E-state index contributed by atoms with van der Waals surface area (Å²) in [5, 5.41) is 18.0. The van der Waals surface area contributed by atoms with Gasteiger partial charge in [0.15, 0.2) is 0 Å². The summed E-state index contributed by atoms with van der Waals surface area (Å²) in [6.45, 7) is 13.7. The fourth-order valence-electron chi connectivity index (χ4n) is 8.79. The van der Waals surface area contributed by atoms with Crippen molar-refractivity contribution in [2.45, 2.75) is 85.0 Å². The van der Waals surface area contributed by atoms with Crippen molar-refractivity contribution in [3.05, 3.63) is 105 Å². The second-order valence-electron chi connectivity index (χ2n) is 18.1. The van der Waals surface area contributed by atoms with E-state index in [2.05, 4.69) is 20.5 Å². The molecule has 5 aromatic rings. The number of hydrogen-bond donors (Lipinski definition) is 3. The maximum absolute atomic E-state index is 14.2. The molecule has 3 aromatic carbocycles. The molecule has 4 atom stereocenters. The van der Waals surface area contributed by atoms with E-state index in [1.54, 1.807) is 53.3 Å². The van der Waals surface area contributed by atoms with E-state index in [0.717, 1.165) is 32.6 Å². The van der Waals surface area contributed by atoms with Crippen LogP contribution in [0.1, 0.15) is 79.5 Å². The molecule has 0 aliphatic carbocycles. The van der Waals surface area contributed by atoms with Crippen LogP contribution in [-0.4, -0.2) is 123 Å². The summed E-state index contributed by atoms with van der Waals surface area (Å²) in [6.07, 6.45) is -0.569. The van der Waals surface area contributed by atoms with Gasteiger partial charge >= 0.3 is 0 Å². The zero-order chi connectivity index (χ0) is 46.7. The molecule has 0 bridgehead atoms. The van der Waals surface area contributed by atoms with E-state index >= 15 is 0 Å². The Kier molecular flexibility index (Phi) is 14.5. The molecule has 0 unspecified atom stereocenters. The third-order valence-corrected chi connectivity index (χ3v) is 13.8. The zero-order valence-corrected chi connectivity index (χ0v) is 39.6. The van der Waals surface area contributed by atoms with Crippen molar-refractivity contribution < 1.29 is 33.8 Å². The minimum atomic E-state index is -0.943. The van der Waals surface area contributed by atoms with E-state index < -0.39 is 29.5 Å². The molecule has 2 saturated heterocycles. The number of aliphatic hydroxyl groups excluding tert-OH is 1. The third-order valence-electron chi connectivity index (χ3n) is 12.6. The molecule has 7 rings (SSSR count). The number of benzene rings is 3. The van der Waals surface area contributed by atoms with Crippen LogP contribution in [0.4, 0.5) is 0 Å². The average Bonchev–Trinajstić information content (AvgIpc) is 3.98. The monoisotopic (exact) mass is 923 g/mol. The summed E-state index contributed by atoms with van der Waals surface area (Å²) in [7, 11) is 1.58. The maximum atomic E-state index is 14.2. The highest BCUT2D eigenvalue weighted by molar-refractivity contribution is 7.13. The van der Waals surface area contributed by atoms with Crippen LogP contribution in [0, 0.1) is 19.3 Å². The quantitative estimate of drug-likeness (QED) is 0.125. The Balaban J connectivity index is 0.930. The minimum Gasteiger partial charge on any atom is -0.497 e. The molecule has 2 aliphatic heterocycles. The second kappa shape index (κ2) is 19.9. The number of likely N-dealkylation sites (tertiary alicyclic amines) is 1. The first-order valence-electron chi connectivity index (χ1n) is 22.0. The predicted octanol–water partition coefficient (Wildman–Crippen LogP) is 6.18. The van der Waals surface area contributed by atoms with E-state index in [1.807, 2.05) is 88.4 Å². The Hall–Kier alpha value is -5.61. The van der Waals surface area contributed by atoms with Gasteiger partial charge in [0.25, 0.3) is 5.91 Å². The highest BCUT2D eigenvalue weighted by atomic mass is 35.5. The molecular formula is C49H58ClN7O7S. The number of piperazine rings is 1. The number of nitrogens with one attached hydrogen (secondary N) is 2. The van der Waals surface area contributed by atoms with Crippen molar-refractivity contribution in [2.75, 3.05) is 46.4 Å². The number of β-amino-alcohol motifs (C(OH)–C–C–N with tert-alkyl or cyclic N) is 1. The molecule has 344 valence electrons. The van der Waals surface area contributed by atoms with Crippen molar-refractivity contribution >= 4 is 63.4 Å². The SMILES string of the molecule is COc1ccc2c(c1)c(CC(=O)N1CCN(CCC(=O)N[C@H](C(=O)N3C[C@H](O)C[C@H]3C(=O)N[C@@H](C)c3ccc(-c4scnc4C)cc3)C(C)(C)C)CC1)c(C)n2C(=O)c1ccc(Cl)cc1. The highest BCUT2D eigenvalue weighted by Crippen LogP contribution is 2.33. The lowest BCUT2D eigenvalue weighted by Crippen LogP contribution is -2.58. The molecule has 2 aliphatic rings. The van der Waals surface area contributed by atoms with E-state index in [0.29, 0.717) is 60.3 Å². The number of carbonyl (C=O) groups is 5. The highest BCUT2D eigenvalue weighted by Gasteiger charge is 2.45. The van der Waals surface area contributed by atoms with E-state index in [9.17, 15) is 29.1 Å². The van der Waals surface area contributed by atoms with E-state index in [4.69, 9.17) is 16.3 Å². The van der Waals surface area contributed by atoms with Gasteiger partial charge in [-0.1, -0.05) is 56.6 Å². The van der Waals surface area contributed by atoms with Crippen LogP contribution >= 0.6 is 22.9 Å². The van der Waals surface area contributed by atoms with Crippen molar-refractivity contribution in [3.8, 4) is 16.2 Å². The van der Waals surface area contributed by atoms with Gasteiger partial charge in [-0.2, -0.15) is 0 Å². The number of thiazole rings is 1. The minimum absolute atomic E-state index is 0.0169. The maximum Gasteiger partial charge on any atom is 0.262 e. The van der Waals surface area contributed by atoms with Gasteiger partial charge in [0.2, 0.25) is 23.6 Å². The van der Waals surface area contributed by atoms with Gasteiger partial charge in [-0.15, -0.1) is 11.3 Å². The Labute approximate surface area is 388 Å². The lowest BCUT2D eigenvalue weighted by Gasteiger charge is -2.36. The van der Waals surface area contributed by atoms with Gasteiger partial charge in [-0.3, -0.25) is 33.4 Å². The third kappa shape index (κ3) is 10.6. The molecule has 4 heterocycles. The van der Waals surface area contributed by atoms with Crippen molar-refractivity contribution in [3.63, 3.8) is 0 Å². The van der Waals surface area contributed by atoms with Crippen LogP contribution in [0.3, 0.4) is 0 Å². The van der Waals surface area contributed by atoms with Crippen molar-refractivity contribution in [2.24, 2.45) is 5.41 Å². The van der Waals surface area contributed by atoms with E-state index in [1.165, 1.54) is 4.90 Å². The summed E-state index contributed by atoms with van der Waals surface area (Å²) in [5.41, 5.74) is 6.60. The molecule has 3 N–H and O–H groups in total. The first-order chi connectivity index (χ1) is 30.9. The summed E-state index contributed by atoms with van der Waals surface area (Å²) in [6, 6.07) is 17.9. The largest absolute Gasteiger partial charge is 0.497 e. The number of aromatic nitrogens is 2. The van der Waals surface area contributed by atoms with Crippen LogP contribution in [0.15, 0.2) is 72.2 Å². The lowest BCUT2D eigenvalue weighted by atomic mass is 9.85. The van der Waals surface area contributed by atoms with Gasteiger partial charge in [0.05, 0.1) is 47.3 Å². The molecule has 65 heavy (non-hydrogen) atoms. The molecule has 4 amide bonds. The number of fused-ring (bicyclic) bond motifs is 1. The molecular weight excluding hydrogens is 866 g/mol. The standard InChI is InChI=1S/C49H58ClN7O7S/c1-29(32-8-10-33(11-9-32)44-30(2)51-28-65-44)52-46(61)41-24-36(58)27-56(41)48(63)45(49(4,5)6)53-42(59)18-19-54-20-22-55(23-21-54)43(60)26-38-31(3)57(40-17-16-37(64-7)25-39(38)40)47(62)34-12-14-35(50)15-13-34/h8-17,25,28-29,36,41,45,58H,18-24,26-27H2,1-7H3,(H,52,61)(H,53,59)/t29-,36+,41-,45+/m0/s1. The molecule has 16 heteroatoms. The fourth-order valence-corrected chi connectivity index (χ4v) is 9.73. The topological polar surface area (TPSA) is 166 Å². The first kappa shape index (κ1) is 47.4. The van der Waals surface area contributed by atoms with Gasteiger partial charge in [-0.05, 0) is 85.3 Å². The number of hydrogen-bond acceptors (Lipinski definition) is 10. The number of aryl methyl sites for hydroxylation is 1. The normalized spacial score (nSPS) is 17.8. The van der Waals surface area contributed by atoms with Gasteiger partial charge < -0.3 is 30.3 Å². The second-order valence-corrected chi connectivity index (χ2v) is 19.4. The number of rotatable bonds is 13. The lowest BCUT2D eigenvalue weighted by molar-refractivity contribution is -0.144. The van der Waals surface area contributed by atoms with Crippen molar-refractivity contribution in [1.29, 1.82) is 0 Å². The first-order valence-corrected chi connectivity index (χ1v) is 23.3. The van der Waals surface area contributed by atoms with Crippen molar-refractivity contribution in [1.82, 2.24) is 34.9 Å². The molecule has 0 spiro atoms. The Morgan fingerprint density at radius 3 is 2.28 bits per heavy atom. The Bertz CT molecular complexity index is 2560. The van der Waals surface area contributed by atoms with Gasteiger partial charge in [0.1, 0.15) is 17.8 Å². The number of halogens is 1. The fraction of sp³-hybridized carbons (Fsp3) is 0.429. The number of amides is 4. The zero-order valence-electron chi connectivity index (χ0n) is 38.0. The van der Waals surface area contributed by atoms with Gasteiger partial charge in [0, 0.05) is 73.8 Å². The number of nitrogens with zero attached hydrogens (tertiary/aromatic N) is 5.